The summed E-state index contributed by atoms with van der Waals surface area (Å²) in [4.78, 5) is 4.40. The summed E-state index contributed by atoms with van der Waals surface area (Å²) in [5, 5.41) is 4.00. The predicted octanol–water partition coefficient (Wildman–Crippen LogP) is 3.80. The van der Waals surface area contributed by atoms with Gasteiger partial charge in [0.05, 0.1) is 0 Å². The van der Waals surface area contributed by atoms with Crippen molar-refractivity contribution in [1.82, 2.24) is 10.1 Å². The molecule has 0 aliphatic rings. The van der Waals surface area contributed by atoms with Gasteiger partial charge in [-0.25, -0.2) is 0 Å². The summed E-state index contributed by atoms with van der Waals surface area (Å²) < 4.78 is 6.23. The van der Waals surface area contributed by atoms with E-state index in [1.165, 1.54) is 0 Å². The Labute approximate surface area is 103 Å². The van der Waals surface area contributed by atoms with Crippen LogP contribution in [0.5, 0.6) is 0 Å². The zero-order chi connectivity index (χ0) is 11.8. The molecule has 1 heterocycles. The molecule has 0 radical (unpaired) electrons. The standard InChI is InChI=1S/C12H13BrN2O/c1-12(2,3)11-14-10(15-16-11)8-6-4-5-7-9(8)13/h4-7H,1-3H3. The summed E-state index contributed by atoms with van der Waals surface area (Å²) in [6, 6.07) is 7.83. The van der Waals surface area contributed by atoms with Crippen LogP contribution in [0.3, 0.4) is 0 Å². The minimum atomic E-state index is -0.119. The number of rotatable bonds is 1. The van der Waals surface area contributed by atoms with Gasteiger partial charge in [-0.3, -0.25) is 0 Å². The van der Waals surface area contributed by atoms with Crippen LogP contribution in [0.25, 0.3) is 11.4 Å². The van der Waals surface area contributed by atoms with Crippen LogP contribution in [0, 0.1) is 0 Å². The van der Waals surface area contributed by atoms with Crippen molar-refractivity contribution in [3.05, 3.63) is 34.6 Å². The molecule has 0 unspecified atom stereocenters. The van der Waals surface area contributed by atoms with Gasteiger partial charge in [-0.2, -0.15) is 4.98 Å². The molecule has 84 valence electrons. The maximum Gasteiger partial charge on any atom is 0.232 e. The van der Waals surface area contributed by atoms with Crippen LogP contribution in [-0.2, 0) is 5.41 Å². The van der Waals surface area contributed by atoms with Gasteiger partial charge in [0.15, 0.2) is 0 Å². The highest BCUT2D eigenvalue weighted by molar-refractivity contribution is 9.10. The Morgan fingerprint density at radius 3 is 2.44 bits per heavy atom. The number of halogens is 1. The van der Waals surface area contributed by atoms with Gasteiger partial charge in [0.25, 0.3) is 0 Å². The Balaban J connectivity index is 2.44. The molecule has 4 heteroatoms. The lowest BCUT2D eigenvalue weighted by Crippen LogP contribution is -2.11. The summed E-state index contributed by atoms with van der Waals surface area (Å²) >= 11 is 3.47. The Bertz CT molecular complexity index is 500. The molecule has 1 aromatic carbocycles. The monoisotopic (exact) mass is 280 g/mol. The van der Waals surface area contributed by atoms with Gasteiger partial charge in [0, 0.05) is 15.5 Å². The molecule has 0 N–H and O–H groups in total. The molecular weight excluding hydrogens is 268 g/mol. The minimum Gasteiger partial charge on any atom is -0.338 e. The van der Waals surface area contributed by atoms with E-state index in [0.29, 0.717) is 11.7 Å². The molecule has 3 nitrogen and oxygen atoms in total. The maximum absolute atomic E-state index is 5.26. The average Bonchev–Trinajstić information content (AvgIpc) is 2.66. The average molecular weight is 281 g/mol. The number of hydrogen-bond acceptors (Lipinski definition) is 3. The van der Waals surface area contributed by atoms with E-state index in [-0.39, 0.29) is 5.41 Å². The van der Waals surface area contributed by atoms with Crippen molar-refractivity contribution in [2.45, 2.75) is 26.2 Å². The van der Waals surface area contributed by atoms with Gasteiger partial charge in [0.2, 0.25) is 11.7 Å². The van der Waals surface area contributed by atoms with Crippen molar-refractivity contribution in [3.8, 4) is 11.4 Å². The van der Waals surface area contributed by atoms with Gasteiger partial charge in [0.1, 0.15) is 0 Å². The lowest BCUT2D eigenvalue weighted by atomic mass is 9.97. The molecule has 0 atom stereocenters. The first-order chi connectivity index (χ1) is 7.48. The molecule has 0 amide bonds. The molecule has 2 rings (SSSR count). The predicted molar refractivity (Wildman–Crippen MR) is 66.1 cm³/mol. The molecule has 16 heavy (non-hydrogen) atoms. The van der Waals surface area contributed by atoms with Gasteiger partial charge >= 0.3 is 0 Å². The van der Waals surface area contributed by atoms with Crippen LogP contribution >= 0.6 is 15.9 Å². The highest BCUT2D eigenvalue weighted by atomic mass is 79.9. The van der Waals surface area contributed by atoms with Crippen molar-refractivity contribution in [3.63, 3.8) is 0 Å². The lowest BCUT2D eigenvalue weighted by molar-refractivity contribution is 0.321. The second kappa shape index (κ2) is 4.01. The van der Waals surface area contributed by atoms with E-state index in [9.17, 15) is 0 Å². The summed E-state index contributed by atoms with van der Waals surface area (Å²) in [6.45, 7) is 6.14. The lowest BCUT2D eigenvalue weighted by Gasteiger charge is -2.10. The van der Waals surface area contributed by atoms with Gasteiger partial charge < -0.3 is 4.52 Å². The molecule has 0 aliphatic carbocycles. The van der Waals surface area contributed by atoms with E-state index >= 15 is 0 Å². The number of aromatic nitrogens is 2. The molecule has 0 spiro atoms. The topological polar surface area (TPSA) is 38.9 Å². The molecule has 2 aromatic rings. The molecule has 0 bridgehead atoms. The Morgan fingerprint density at radius 1 is 1.19 bits per heavy atom. The van der Waals surface area contributed by atoms with E-state index < -0.39 is 0 Å². The van der Waals surface area contributed by atoms with Crippen molar-refractivity contribution in [2.75, 3.05) is 0 Å². The van der Waals surface area contributed by atoms with Crippen molar-refractivity contribution < 1.29 is 4.52 Å². The van der Waals surface area contributed by atoms with E-state index in [1.54, 1.807) is 0 Å². The van der Waals surface area contributed by atoms with Crippen molar-refractivity contribution >= 4 is 15.9 Å². The van der Waals surface area contributed by atoms with Gasteiger partial charge in [-0.05, 0) is 12.1 Å². The Kier molecular flexibility index (Phi) is 2.84. The number of hydrogen-bond donors (Lipinski definition) is 0. The van der Waals surface area contributed by atoms with Crippen LogP contribution in [-0.4, -0.2) is 10.1 Å². The third kappa shape index (κ3) is 2.16. The summed E-state index contributed by atoms with van der Waals surface area (Å²) in [5.74, 6) is 1.27. The first-order valence-electron chi connectivity index (χ1n) is 5.07. The molecule has 0 aliphatic heterocycles. The van der Waals surface area contributed by atoms with E-state index in [1.807, 2.05) is 45.0 Å². The van der Waals surface area contributed by atoms with Crippen LogP contribution in [0.1, 0.15) is 26.7 Å². The molecule has 0 saturated heterocycles. The Hall–Kier alpha value is -1.16. The zero-order valence-corrected chi connectivity index (χ0v) is 11.1. The number of nitrogens with zero attached hydrogens (tertiary/aromatic N) is 2. The molecule has 0 fully saturated rings. The van der Waals surface area contributed by atoms with E-state index in [4.69, 9.17) is 4.52 Å². The quantitative estimate of drug-likeness (QED) is 0.798. The summed E-state index contributed by atoms with van der Waals surface area (Å²) in [5.41, 5.74) is 0.828. The highest BCUT2D eigenvalue weighted by Crippen LogP contribution is 2.28. The zero-order valence-electron chi connectivity index (χ0n) is 9.49. The SMILES string of the molecule is CC(C)(C)c1nc(-c2ccccc2Br)no1. The van der Waals surface area contributed by atoms with Crippen LogP contribution in [0.15, 0.2) is 33.3 Å². The first kappa shape index (κ1) is 11.3. The smallest absolute Gasteiger partial charge is 0.232 e. The second-order valence-corrected chi connectivity index (χ2v) is 5.51. The highest BCUT2D eigenvalue weighted by Gasteiger charge is 2.22. The van der Waals surface area contributed by atoms with Gasteiger partial charge in [-0.15, -0.1) is 0 Å². The molecule has 0 saturated carbocycles. The second-order valence-electron chi connectivity index (χ2n) is 4.65. The molecular formula is C12H13BrN2O. The Morgan fingerprint density at radius 2 is 1.88 bits per heavy atom. The normalized spacial score (nSPS) is 11.8. The van der Waals surface area contributed by atoms with Crippen LogP contribution in [0.2, 0.25) is 0 Å². The van der Waals surface area contributed by atoms with Crippen molar-refractivity contribution in [1.29, 1.82) is 0 Å². The van der Waals surface area contributed by atoms with E-state index in [0.717, 1.165) is 10.0 Å². The fraction of sp³-hybridized carbons (Fsp3) is 0.333. The van der Waals surface area contributed by atoms with Gasteiger partial charge in [-0.1, -0.05) is 54.0 Å². The van der Waals surface area contributed by atoms with E-state index in [2.05, 4.69) is 26.1 Å². The third-order valence-electron chi connectivity index (χ3n) is 2.18. The fourth-order valence-corrected chi connectivity index (χ4v) is 1.74. The minimum absolute atomic E-state index is 0.119. The third-order valence-corrected chi connectivity index (χ3v) is 2.87. The summed E-state index contributed by atoms with van der Waals surface area (Å²) in [7, 11) is 0. The van der Waals surface area contributed by atoms with Crippen LogP contribution in [0.4, 0.5) is 0 Å². The van der Waals surface area contributed by atoms with Crippen LogP contribution < -0.4 is 0 Å². The maximum atomic E-state index is 5.26. The summed E-state index contributed by atoms with van der Waals surface area (Å²) in [6.07, 6.45) is 0. The first-order valence-corrected chi connectivity index (χ1v) is 5.87. The molecule has 1 aromatic heterocycles. The number of benzene rings is 1. The largest absolute Gasteiger partial charge is 0.338 e. The fourth-order valence-electron chi connectivity index (χ4n) is 1.28. The van der Waals surface area contributed by atoms with Crippen molar-refractivity contribution in [2.24, 2.45) is 0 Å².